The molecule has 0 amide bonds. The SMILES string of the molecule is Cc1ccc(C(=O)Cn2nc(-c3cccs3)c3sc(N4CCOCC4)nc3c2=O)c(C)c1. The van der Waals surface area contributed by atoms with E-state index in [2.05, 4.69) is 15.0 Å². The lowest BCUT2D eigenvalue weighted by atomic mass is 10.0. The standard InChI is InChI=1S/C23H22N4O3S2/c1-14-5-6-16(15(2)12-14)17(28)13-27-22(29)20-21(19(25-27)18-4-3-11-31-18)32-23(24-20)26-7-9-30-10-8-26/h3-6,11-12H,7-10,13H2,1-2H3. The highest BCUT2D eigenvalue weighted by Crippen LogP contribution is 2.35. The van der Waals surface area contributed by atoms with Crippen LogP contribution in [0.5, 0.6) is 0 Å². The zero-order valence-corrected chi connectivity index (χ0v) is 19.5. The van der Waals surface area contributed by atoms with Crippen molar-refractivity contribution in [3.05, 3.63) is 62.8 Å². The van der Waals surface area contributed by atoms with E-state index in [1.54, 1.807) is 11.3 Å². The fraction of sp³-hybridized carbons (Fsp3) is 0.304. The van der Waals surface area contributed by atoms with Gasteiger partial charge < -0.3 is 9.64 Å². The maximum atomic E-state index is 13.3. The van der Waals surface area contributed by atoms with Crippen LogP contribution in [-0.4, -0.2) is 46.9 Å². The van der Waals surface area contributed by atoms with Crippen molar-refractivity contribution in [2.75, 3.05) is 31.2 Å². The van der Waals surface area contributed by atoms with Crippen molar-refractivity contribution < 1.29 is 9.53 Å². The number of carbonyl (C=O) groups is 1. The highest BCUT2D eigenvalue weighted by molar-refractivity contribution is 7.23. The van der Waals surface area contributed by atoms with E-state index in [1.807, 2.05) is 49.6 Å². The Morgan fingerprint density at radius 2 is 2.00 bits per heavy atom. The third-order valence-corrected chi connectivity index (χ3v) is 7.50. The number of thiophene rings is 1. The predicted molar refractivity (Wildman–Crippen MR) is 128 cm³/mol. The molecule has 4 heterocycles. The van der Waals surface area contributed by atoms with Crippen molar-refractivity contribution in [3.63, 3.8) is 0 Å². The highest BCUT2D eigenvalue weighted by atomic mass is 32.1. The van der Waals surface area contributed by atoms with Crippen molar-refractivity contribution in [2.45, 2.75) is 20.4 Å². The number of benzene rings is 1. The van der Waals surface area contributed by atoms with Crippen LogP contribution in [0.4, 0.5) is 5.13 Å². The summed E-state index contributed by atoms with van der Waals surface area (Å²) in [6.07, 6.45) is 0. The number of Topliss-reactive ketones (excluding diaryl/α,β-unsaturated/α-hetero) is 1. The number of thiazole rings is 1. The maximum Gasteiger partial charge on any atom is 0.294 e. The molecule has 0 saturated carbocycles. The number of carbonyl (C=O) groups excluding carboxylic acids is 1. The molecule has 0 bridgehead atoms. The quantitative estimate of drug-likeness (QED) is 0.415. The van der Waals surface area contributed by atoms with E-state index in [-0.39, 0.29) is 17.9 Å². The summed E-state index contributed by atoms with van der Waals surface area (Å²) in [6.45, 7) is 6.53. The Kier molecular flexibility index (Phi) is 5.62. The predicted octanol–water partition coefficient (Wildman–Crippen LogP) is 3.92. The molecule has 4 aromatic rings. The summed E-state index contributed by atoms with van der Waals surface area (Å²) in [5.41, 5.74) is 3.31. The molecule has 0 atom stereocenters. The van der Waals surface area contributed by atoms with Crippen LogP contribution >= 0.6 is 22.7 Å². The van der Waals surface area contributed by atoms with E-state index in [1.165, 1.54) is 16.0 Å². The molecular weight excluding hydrogens is 444 g/mol. The van der Waals surface area contributed by atoms with Crippen molar-refractivity contribution in [3.8, 4) is 10.6 Å². The molecule has 1 aliphatic heterocycles. The molecule has 0 spiro atoms. The first-order valence-electron chi connectivity index (χ1n) is 10.4. The molecule has 9 heteroatoms. The van der Waals surface area contributed by atoms with E-state index in [0.717, 1.165) is 38.9 Å². The van der Waals surface area contributed by atoms with Gasteiger partial charge in [-0.3, -0.25) is 9.59 Å². The second-order valence-corrected chi connectivity index (χ2v) is 9.73. The molecule has 1 aromatic carbocycles. The maximum absolute atomic E-state index is 13.3. The molecule has 1 fully saturated rings. The number of nitrogens with zero attached hydrogens (tertiary/aromatic N) is 4. The van der Waals surface area contributed by atoms with Gasteiger partial charge in [0, 0.05) is 18.7 Å². The van der Waals surface area contributed by atoms with Crippen molar-refractivity contribution in [1.29, 1.82) is 0 Å². The Morgan fingerprint density at radius 1 is 1.19 bits per heavy atom. The average molecular weight is 467 g/mol. The van der Waals surface area contributed by atoms with Crippen LogP contribution in [0, 0.1) is 13.8 Å². The van der Waals surface area contributed by atoms with E-state index in [0.29, 0.717) is 30.0 Å². The Labute approximate surface area is 192 Å². The lowest BCUT2D eigenvalue weighted by Crippen LogP contribution is -2.36. The number of ketones is 1. The Bertz CT molecular complexity index is 1350. The minimum Gasteiger partial charge on any atom is -0.378 e. The van der Waals surface area contributed by atoms with Crippen LogP contribution in [0.25, 0.3) is 20.8 Å². The topological polar surface area (TPSA) is 77.3 Å². The van der Waals surface area contributed by atoms with Gasteiger partial charge in [0.2, 0.25) is 0 Å². The summed E-state index contributed by atoms with van der Waals surface area (Å²) in [5, 5.41) is 7.40. The Hall–Kier alpha value is -2.88. The number of fused-ring (bicyclic) bond motifs is 1. The molecule has 5 rings (SSSR count). The van der Waals surface area contributed by atoms with Crippen LogP contribution in [-0.2, 0) is 11.3 Å². The third kappa shape index (κ3) is 3.87. The summed E-state index contributed by atoms with van der Waals surface area (Å²) in [7, 11) is 0. The number of rotatable bonds is 5. The van der Waals surface area contributed by atoms with E-state index >= 15 is 0 Å². The molecule has 0 aliphatic carbocycles. The largest absolute Gasteiger partial charge is 0.378 e. The van der Waals surface area contributed by atoms with Gasteiger partial charge in [-0.2, -0.15) is 5.10 Å². The highest BCUT2D eigenvalue weighted by Gasteiger charge is 2.23. The summed E-state index contributed by atoms with van der Waals surface area (Å²) in [6, 6.07) is 9.62. The van der Waals surface area contributed by atoms with Gasteiger partial charge in [0.15, 0.2) is 16.4 Å². The number of ether oxygens (including phenoxy) is 1. The number of hydrogen-bond donors (Lipinski definition) is 0. The monoisotopic (exact) mass is 466 g/mol. The smallest absolute Gasteiger partial charge is 0.294 e. The first-order chi connectivity index (χ1) is 15.5. The number of morpholine rings is 1. The second-order valence-electron chi connectivity index (χ2n) is 7.80. The minimum atomic E-state index is -0.339. The van der Waals surface area contributed by atoms with Gasteiger partial charge in [-0.25, -0.2) is 9.67 Å². The molecule has 1 saturated heterocycles. The summed E-state index contributed by atoms with van der Waals surface area (Å²) in [5.74, 6) is -0.141. The van der Waals surface area contributed by atoms with Crippen LogP contribution in [0.1, 0.15) is 21.5 Å². The molecule has 0 N–H and O–H groups in total. The van der Waals surface area contributed by atoms with Crippen molar-refractivity contribution in [2.24, 2.45) is 0 Å². The number of hydrogen-bond acceptors (Lipinski definition) is 8. The van der Waals surface area contributed by atoms with Gasteiger partial charge in [-0.1, -0.05) is 41.2 Å². The molecule has 7 nitrogen and oxygen atoms in total. The minimum absolute atomic E-state index is 0.124. The zero-order valence-electron chi connectivity index (χ0n) is 17.8. The number of anilines is 1. The second kappa shape index (κ2) is 8.57. The molecular formula is C23H22N4O3S2. The van der Waals surface area contributed by atoms with Crippen LogP contribution in [0.3, 0.4) is 0 Å². The normalized spacial score (nSPS) is 14.2. The van der Waals surface area contributed by atoms with Gasteiger partial charge in [0.1, 0.15) is 12.2 Å². The van der Waals surface area contributed by atoms with Gasteiger partial charge in [0.05, 0.1) is 22.8 Å². The van der Waals surface area contributed by atoms with Crippen LogP contribution in [0.2, 0.25) is 0 Å². The molecule has 0 radical (unpaired) electrons. The molecule has 3 aromatic heterocycles. The Balaban J connectivity index is 1.60. The fourth-order valence-corrected chi connectivity index (χ4v) is 5.76. The molecule has 1 aliphatic rings. The fourth-order valence-electron chi connectivity index (χ4n) is 3.87. The zero-order chi connectivity index (χ0) is 22.2. The summed E-state index contributed by atoms with van der Waals surface area (Å²) in [4.78, 5) is 34.1. The first kappa shape index (κ1) is 21.0. The average Bonchev–Trinajstić information content (AvgIpc) is 3.47. The molecule has 164 valence electrons. The Morgan fingerprint density at radius 3 is 2.72 bits per heavy atom. The van der Waals surface area contributed by atoms with E-state index < -0.39 is 0 Å². The van der Waals surface area contributed by atoms with E-state index in [4.69, 9.17) is 4.74 Å². The van der Waals surface area contributed by atoms with Crippen molar-refractivity contribution >= 4 is 43.8 Å². The number of aryl methyl sites for hydroxylation is 2. The van der Waals surface area contributed by atoms with Crippen LogP contribution in [0.15, 0.2) is 40.5 Å². The van der Waals surface area contributed by atoms with E-state index in [9.17, 15) is 9.59 Å². The van der Waals surface area contributed by atoms with Gasteiger partial charge in [-0.05, 0) is 30.9 Å². The summed E-state index contributed by atoms with van der Waals surface area (Å²) < 4.78 is 7.47. The first-order valence-corrected chi connectivity index (χ1v) is 12.1. The third-order valence-electron chi connectivity index (χ3n) is 5.50. The summed E-state index contributed by atoms with van der Waals surface area (Å²) >= 11 is 3.03. The van der Waals surface area contributed by atoms with Crippen molar-refractivity contribution in [1.82, 2.24) is 14.8 Å². The molecule has 32 heavy (non-hydrogen) atoms. The van der Waals surface area contributed by atoms with Gasteiger partial charge >= 0.3 is 0 Å². The van der Waals surface area contributed by atoms with Crippen LogP contribution < -0.4 is 10.5 Å². The number of aromatic nitrogens is 3. The lowest BCUT2D eigenvalue weighted by Gasteiger charge is -2.25. The van der Waals surface area contributed by atoms with Gasteiger partial charge in [0.25, 0.3) is 5.56 Å². The lowest BCUT2D eigenvalue weighted by molar-refractivity contribution is 0.0965. The molecule has 0 unspecified atom stereocenters. The van der Waals surface area contributed by atoms with Gasteiger partial charge in [-0.15, -0.1) is 11.3 Å².